The van der Waals surface area contributed by atoms with Crippen molar-refractivity contribution in [3.63, 3.8) is 0 Å². The molecule has 7 heteroatoms. The fraction of sp³-hybridized carbons (Fsp3) is 0.421. The molecule has 26 heavy (non-hydrogen) atoms. The number of hydrogen-bond donors (Lipinski definition) is 2. The Morgan fingerprint density at radius 3 is 2.58 bits per heavy atom. The highest BCUT2D eigenvalue weighted by Crippen LogP contribution is 2.14. The zero-order chi connectivity index (χ0) is 18.2. The minimum Gasteiger partial charge on any atom is -0.379 e. The lowest BCUT2D eigenvalue weighted by molar-refractivity contribution is 0.0383. The Kier molecular flexibility index (Phi) is 6.51. The molecule has 1 aliphatic heterocycles. The summed E-state index contributed by atoms with van der Waals surface area (Å²) in [5.74, 6) is 0.406. The molecule has 0 saturated carbocycles. The lowest BCUT2D eigenvalue weighted by atomic mass is 10.1. The van der Waals surface area contributed by atoms with E-state index in [1.165, 1.54) is 11.8 Å². The third-order valence-corrected chi connectivity index (χ3v) is 4.34. The van der Waals surface area contributed by atoms with Crippen LogP contribution in [0.3, 0.4) is 0 Å². The Labute approximate surface area is 153 Å². The molecule has 3 rings (SSSR count). The Bertz CT molecular complexity index is 697. The number of nitrogens with zero attached hydrogens (tertiary/aromatic N) is 3. The number of benzene rings is 1. The number of rotatable bonds is 7. The van der Waals surface area contributed by atoms with Gasteiger partial charge in [-0.15, -0.1) is 0 Å². The van der Waals surface area contributed by atoms with E-state index >= 15 is 0 Å². The number of aryl methyl sites for hydroxylation is 1. The Balaban J connectivity index is 1.47. The number of carbonyl (C=O) groups is 1. The zero-order valence-electron chi connectivity index (χ0n) is 15.1. The Morgan fingerprint density at radius 1 is 1.15 bits per heavy atom. The summed E-state index contributed by atoms with van der Waals surface area (Å²) in [6.07, 6.45) is 4.08. The van der Waals surface area contributed by atoms with E-state index in [2.05, 4.69) is 44.6 Å². The average molecular weight is 355 g/mol. The summed E-state index contributed by atoms with van der Waals surface area (Å²) in [6.45, 7) is 6.87. The molecule has 0 radical (unpaired) electrons. The van der Waals surface area contributed by atoms with Crippen molar-refractivity contribution in [1.82, 2.24) is 20.2 Å². The number of aromatic nitrogens is 2. The van der Waals surface area contributed by atoms with Gasteiger partial charge in [-0.2, -0.15) is 0 Å². The highest BCUT2D eigenvalue weighted by atomic mass is 16.5. The fourth-order valence-corrected chi connectivity index (χ4v) is 2.72. The first-order valence-corrected chi connectivity index (χ1v) is 9.01. The molecule has 1 fully saturated rings. The van der Waals surface area contributed by atoms with Gasteiger partial charge in [0.05, 0.1) is 25.6 Å². The third-order valence-electron chi connectivity index (χ3n) is 4.34. The quantitative estimate of drug-likeness (QED) is 0.789. The van der Waals surface area contributed by atoms with Crippen molar-refractivity contribution in [2.45, 2.75) is 13.3 Å². The van der Waals surface area contributed by atoms with Crippen LogP contribution in [-0.2, 0) is 11.2 Å². The molecule has 0 bridgehead atoms. The summed E-state index contributed by atoms with van der Waals surface area (Å²) in [5, 5.41) is 6.07. The predicted molar refractivity (Wildman–Crippen MR) is 101 cm³/mol. The first-order valence-electron chi connectivity index (χ1n) is 9.01. The number of morpholine rings is 1. The van der Waals surface area contributed by atoms with Crippen LogP contribution in [0.5, 0.6) is 0 Å². The maximum absolute atomic E-state index is 12.1. The van der Waals surface area contributed by atoms with E-state index in [-0.39, 0.29) is 5.91 Å². The van der Waals surface area contributed by atoms with E-state index in [1.54, 1.807) is 6.20 Å². The topological polar surface area (TPSA) is 79.4 Å². The zero-order valence-corrected chi connectivity index (χ0v) is 15.1. The molecule has 0 spiro atoms. The monoisotopic (exact) mass is 355 g/mol. The van der Waals surface area contributed by atoms with Gasteiger partial charge in [0, 0.05) is 31.9 Å². The van der Waals surface area contributed by atoms with Gasteiger partial charge in [-0.3, -0.25) is 9.69 Å². The number of ether oxygens (including phenoxy) is 1. The maximum Gasteiger partial charge on any atom is 0.271 e. The molecule has 0 atom stereocenters. The summed E-state index contributed by atoms with van der Waals surface area (Å²) in [4.78, 5) is 22.9. The molecule has 1 saturated heterocycles. The lowest BCUT2D eigenvalue weighted by Crippen LogP contribution is -2.41. The van der Waals surface area contributed by atoms with Crippen LogP contribution in [0, 0.1) is 0 Å². The number of carbonyl (C=O) groups excluding carboxylic acids is 1. The standard InChI is InChI=1S/C19H25N5O2/c1-2-15-3-5-16(6-4-15)23-18-14-21-17(13-22-18)19(25)20-7-8-24-9-11-26-12-10-24/h3-6,13-14H,2,7-12H2,1H3,(H,20,25)(H,22,23). The van der Waals surface area contributed by atoms with Crippen LogP contribution in [0.4, 0.5) is 11.5 Å². The van der Waals surface area contributed by atoms with Gasteiger partial charge in [0.2, 0.25) is 0 Å². The second kappa shape index (κ2) is 9.26. The van der Waals surface area contributed by atoms with Gasteiger partial charge in [0.25, 0.3) is 5.91 Å². The Hall–Kier alpha value is -2.51. The van der Waals surface area contributed by atoms with Crippen molar-refractivity contribution >= 4 is 17.4 Å². The van der Waals surface area contributed by atoms with Crippen LogP contribution in [0.25, 0.3) is 0 Å². The number of hydrogen-bond acceptors (Lipinski definition) is 6. The van der Waals surface area contributed by atoms with Gasteiger partial charge in [0.1, 0.15) is 11.5 Å². The Morgan fingerprint density at radius 2 is 1.92 bits per heavy atom. The molecule has 0 aliphatic carbocycles. The average Bonchev–Trinajstić information content (AvgIpc) is 2.70. The second-order valence-electron chi connectivity index (χ2n) is 6.17. The van der Waals surface area contributed by atoms with Gasteiger partial charge in [-0.1, -0.05) is 19.1 Å². The van der Waals surface area contributed by atoms with Gasteiger partial charge >= 0.3 is 0 Å². The van der Waals surface area contributed by atoms with Crippen LogP contribution < -0.4 is 10.6 Å². The molecule has 2 aromatic rings. The smallest absolute Gasteiger partial charge is 0.271 e. The number of nitrogens with one attached hydrogen (secondary N) is 2. The van der Waals surface area contributed by atoms with Crippen LogP contribution in [0.2, 0.25) is 0 Å². The second-order valence-corrected chi connectivity index (χ2v) is 6.17. The van der Waals surface area contributed by atoms with E-state index in [9.17, 15) is 4.79 Å². The van der Waals surface area contributed by atoms with Crippen molar-refractivity contribution < 1.29 is 9.53 Å². The molecule has 2 N–H and O–H groups in total. The fourth-order valence-electron chi connectivity index (χ4n) is 2.72. The van der Waals surface area contributed by atoms with Crippen molar-refractivity contribution in [3.8, 4) is 0 Å². The molecule has 1 amide bonds. The summed E-state index contributed by atoms with van der Waals surface area (Å²) in [5.41, 5.74) is 2.55. The molecule has 2 heterocycles. The molecule has 1 aromatic heterocycles. The molecule has 0 unspecified atom stereocenters. The van der Waals surface area contributed by atoms with Gasteiger partial charge in [-0.05, 0) is 24.1 Å². The van der Waals surface area contributed by atoms with Crippen molar-refractivity contribution in [1.29, 1.82) is 0 Å². The highest BCUT2D eigenvalue weighted by molar-refractivity contribution is 5.92. The minimum atomic E-state index is -0.204. The van der Waals surface area contributed by atoms with Gasteiger partial charge in [0.15, 0.2) is 0 Å². The van der Waals surface area contributed by atoms with E-state index in [4.69, 9.17) is 4.74 Å². The predicted octanol–water partition coefficient (Wildman–Crippen LogP) is 1.84. The van der Waals surface area contributed by atoms with Crippen molar-refractivity contribution in [2.24, 2.45) is 0 Å². The first-order chi connectivity index (χ1) is 12.7. The van der Waals surface area contributed by atoms with E-state index in [0.29, 0.717) is 18.1 Å². The van der Waals surface area contributed by atoms with Gasteiger partial charge in [-0.25, -0.2) is 9.97 Å². The minimum absolute atomic E-state index is 0.204. The molecule has 1 aromatic carbocycles. The van der Waals surface area contributed by atoms with Crippen LogP contribution in [-0.4, -0.2) is 60.2 Å². The molecule has 138 valence electrons. The SMILES string of the molecule is CCc1ccc(Nc2cnc(C(=O)NCCN3CCOCC3)cn2)cc1. The lowest BCUT2D eigenvalue weighted by Gasteiger charge is -2.26. The number of amides is 1. The summed E-state index contributed by atoms with van der Waals surface area (Å²) >= 11 is 0. The summed E-state index contributed by atoms with van der Waals surface area (Å²) < 4.78 is 5.31. The molecular formula is C19H25N5O2. The maximum atomic E-state index is 12.1. The van der Waals surface area contributed by atoms with Crippen LogP contribution in [0.1, 0.15) is 23.0 Å². The van der Waals surface area contributed by atoms with E-state index < -0.39 is 0 Å². The summed E-state index contributed by atoms with van der Waals surface area (Å²) in [6, 6.07) is 8.16. The highest BCUT2D eigenvalue weighted by Gasteiger charge is 2.12. The largest absolute Gasteiger partial charge is 0.379 e. The van der Waals surface area contributed by atoms with E-state index in [1.807, 2.05) is 12.1 Å². The molecule has 1 aliphatic rings. The van der Waals surface area contributed by atoms with Crippen LogP contribution in [0.15, 0.2) is 36.7 Å². The van der Waals surface area contributed by atoms with Crippen LogP contribution >= 0.6 is 0 Å². The van der Waals surface area contributed by atoms with Gasteiger partial charge < -0.3 is 15.4 Å². The van der Waals surface area contributed by atoms with Crippen molar-refractivity contribution in [3.05, 3.63) is 47.9 Å². The first kappa shape index (κ1) is 18.3. The van der Waals surface area contributed by atoms with Crippen molar-refractivity contribution in [2.75, 3.05) is 44.7 Å². The number of anilines is 2. The summed E-state index contributed by atoms with van der Waals surface area (Å²) in [7, 11) is 0. The molecular weight excluding hydrogens is 330 g/mol. The van der Waals surface area contributed by atoms with E-state index in [0.717, 1.165) is 45.0 Å². The normalized spacial score (nSPS) is 14.8. The molecule has 7 nitrogen and oxygen atoms in total. The third kappa shape index (κ3) is 5.24.